The highest BCUT2D eigenvalue weighted by molar-refractivity contribution is 6.31. The minimum atomic E-state index is -0.344. The fraction of sp³-hybridized carbons (Fsp3) is 0.333. The van der Waals surface area contributed by atoms with Crippen molar-refractivity contribution >= 4 is 11.6 Å². The van der Waals surface area contributed by atoms with Gasteiger partial charge in [0.2, 0.25) is 0 Å². The number of hydrogen-bond acceptors (Lipinski definition) is 3. The molecule has 0 saturated carbocycles. The molecule has 2 N–H and O–H groups in total. The van der Waals surface area contributed by atoms with Crippen molar-refractivity contribution in [2.24, 2.45) is 5.73 Å². The molecule has 0 radical (unpaired) electrons. The zero-order valence-electron chi connectivity index (χ0n) is 11.4. The van der Waals surface area contributed by atoms with E-state index in [1.165, 1.54) is 12.1 Å². The fourth-order valence-electron chi connectivity index (χ4n) is 2.29. The molecule has 0 aliphatic rings. The van der Waals surface area contributed by atoms with Gasteiger partial charge in [0.1, 0.15) is 11.6 Å². The summed E-state index contributed by atoms with van der Waals surface area (Å²) in [7, 11) is 0. The molecule has 3 nitrogen and oxygen atoms in total. The van der Waals surface area contributed by atoms with Gasteiger partial charge in [0.15, 0.2) is 0 Å². The second-order valence-corrected chi connectivity index (χ2v) is 4.97. The lowest BCUT2D eigenvalue weighted by Gasteiger charge is -2.30. The van der Waals surface area contributed by atoms with Gasteiger partial charge in [0, 0.05) is 17.6 Å². The first-order valence-corrected chi connectivity index (χ1v) is 6.95. The highest BCUT2D eigenvalue weighted by Crippen LogP contribution is 2.28. The maximum absolute atomic E-state index is 13.2. The van der Waals surface area contributed by atoms with Crippen molar-refractivity contribution in [3.8, 4) is 0 Å². The van der Waals surface area contributed by atoms with E-state index >= 15 is 0 Å². The van der Waals surface area contributed by atoms with Crippen molar-refractivity contribution in [1.82, 2.24) is 4.90 Å². The maximum atomic E-state index is 13.2. The first-order valence-electron chi connectivity index (χ1n) is 6.57. The Morgan fingerprint density at radius 1 is 1.40 bits per heavy atom. The predicted octanol–water partition coefficient (Wildman–Crippen LogP) is 3.59. The third-order valence-electron chi connectivity index (χ3n) is 3.33. The number of halogens is 2. The Bertz CT molecular complexity index is 545. The van der Waals surface area contributed by atoms with Crippen molar-refractivity contribution in [3.05, 3.63) is 58.8 Å². The highest BCUT2D eigenvalue weighted by atomic mass is 35.5. The Morgan fingerprint density at radius 2 is 2.20 bits per heavy atom. The van der Waals surface area contributed by atoms with E-state index in [0.29, 0.717) is 18.1 Å². The topological polar surface area (TPSA) is 42.4 Å². The monoisotopic (exact) mass is 296 g/mol. The summed E-state index contributed by atoms with van der Waals surface area (Å²) in [5.41, 5.74) is 6.73. The molecule has 0 saturated heterocycles. The van der Waals surface area contributed by atoms with E-state index < -0.39 is 0 Å². The Kier molecular flexibility index (Phi) is 5.17. The zero-order chi connectivity index (χ0) is 14.5. The summed E-state index contributed by atoms with van der Waals surface area (Å²) in [5.74, 6) is 0.520. The summed E-state index contributed by atoms with van der Waals surface area (Å²) in [4.78, 5) is 2.15. The van der Waals surface area contributed by atoms with Crippen molar-refractivity contribution < 1.29 is 8.81 Å². The molecular weight excluding hydrogens is 279 g/mol. The molecule has 0 amide bonds. The van der Waals surface area contributed by atoms with Crippen LogP contribution in [-0.2, 0) is 6.54 Å². The molecule has 20 heavy (non-hydrogen) atoms. The molecule has 0 aliphatic heterocycles. The van der Waals surface area contributed by atoms with Crippen LogP contribution in [0.15, 0.2) is 41.0 Å². The van der Waals surface area contributed by atoms with Gasteiger partial charge in [0.25, 0.3) is 0 Å². The van der Waals surface area contributed by atoms with E-state index in [1.54, 1.807) is 12.3 Å². The summed E-state index contributed by atoms with van der Waals surface area (Å²) in [5, 5.41) is 0.401. The van der Waals surface area contributed by atoms with Crippen LogP contribution in [0, 0.1) is 5.82 Å². The van der Waals surface area contributed by atoms with Crippen molar-refractivity contribution in [3.63, 3.8) is 0 Å². The Hall–Kier alpha value is -1.36. The first kappa shape index (κ1) is 15.0. The largest absolute Gasteiger partial charge is 0.468 e. The van der Waals surface area contributed by atoms with E-state index in [9.17, 15) is 4.39 Å². The summed E-state index contributed by atoms with van der Waals surface area (Å²) < 4.78 is 18.5. The van der Waals surface area contributed by atoms with Gasteiger partial charge in [-0.25, -0.2) is 4.39 Å². The van der Waals surface area contributed by atoms with Gasteiger partial charge in [-0.3, -0.25) is 4.90 Å². The fourth-order valence-corrected chi connectivity index (χ4v) is 2.58. The second kappa shape index (κ2) is 6.88. The van der Waals surface area contributed by atoms with Crippen LogP contribution in [0.2, 0.25) is 5.02 Å². The molecule has 2 rings (SSSR count). The number of hydrogen-bond donors (Lipinski definition) is 1. The smallest absolute Gasteiger partial charge is 0.124 e. The van der Waals surface area contributed by atoms with Gasteiger partial charge in [0.05, 0.1) is 12.8 Å². The van der Waals surface area contributed by atoms with Gasteiger partial charge >= 0.3 is 0 Å². The van der Waals surface area contributed by atoms with E-state index in [1.807, 2.05) is 19.1 Å². The Morgan fingerprint density at radius 3 is 2.75 bits per heavy atom. The van der Waals surface area contributed by atoms with Crippen molar-refractivity contribution in [2.75, 3.05) is 13.1 Å². The van der Waals surface area contributed by atoms with E-state index in [0.717, 1.165) is 17.9 Å². The lowest BCUT2D eigenvalue weighted by molar-refractivity contribution is 0.188. The molecule has 5 heteroatoms. The summed E-state index contributed by atoms with van der Waals surface area (Å²) in [6, 6.07) is 8.12. The van der Waals surface area contributed by atoms with Crippen LogP contribution in [0.1, 0.15) is 24.3 Å². The van der Waals surface area contributed by atoms with Crippen LogP contribution in [0.25, 0.3) is 0 Å². The molecule has 1 heterocycles. The SMILES string of the molecule is CCN(Cc1ccco1)C(CN)c1ccc(F)cc1Cl. The zero-order valence-corrected chi connectivity index (χ0v) is 12.1. The van der Waals surface area contributed by atoms with Gasteiger partial charge in [-0.1, -0.05) is 24.6 Å². The van der Waals surface area contributed by atoms with Gasteiger partial charge in [-0.15, -0.1) is 0 Å². The highest BCUT2D eigenvalue weighted by Gasteiger charge is 2.21. The lowest BCUT2D eigenvalue weighted by Crippen LogP contribution is -2.33. The number of nitrogens with zero attached hydrogens (tertiary/aromatic N) is 1. The Balaban J connectivity index is 2.24. The molecule has 0 bridgehead atoms. The predicted molar refractivity (Wildman–Crippen MR) is 78.0 cm³/mol. The summed E-state index contributed by atoms with van der Waals surface area (Å²) in [6.07, 6.45) is 1.64. The van der Waals surface area contributed by atoms with Crippen LogP contribution < -0.4 is 5.73 Å². The standard InChI is InChI=1S/C15H18ClFN2O/c1-2-19(10-12-4-3-7-20-12)15(9-18)13-6-5-11(17)8-14(13)16/h3-8,15H,2,9-10,18H2,1H3. The van der Waals surface area contributed by atoms with E-state index in [4.69, 9.17) is 21.8 Å². The van der Waals surface area contributed by atoms with Crippen LogP contribution >= 0.6 is 11.6 Å². The van der Waals surface area contributed by atoms with Gasteiger partial charge < -0.3 is 10.2 Å². The first-order chi connectivity index (χ1) is 9.65. The molecule has 0 spiro atoms. The molecule has 1 aromatic carbocycles. The van der Waals surface area contributed by atoms with Crippen molar-refractivity contribution in [2.45, 2.75) is 19.5 Å². The normalized spacial score (nSPS) is 12.8. The summed E-state index contributed by atoms with van der Waals surface area (Å²) in [6.45, 7) is 3.87. The van der Waals surface area contributed by atoms with Gasteiger partial charge in [-0.05, 0) is 36.4 Å². The lowest BCUT2D eigenvalue weighted by atomic mass is 10.0. The van der Waals surface area contributed by atoms with Crippen LogP contribution in [0.3, 0.4) is 0 Å². The molecular formula is C15H18ClFN2O. The number of benzene rings is 1. The van der Waals surface area contributed by atoms with Crippen molar-refractivity contribution in [1.29, 1.82) is 0 Å². The molecule has 108 valence electrons. The van der Waals surface area contributed by atoms with Crippen LogP contribution in [0.4, 0.5) is 4.39 Å². The number of nitrogens with two attached hydrogens (primary N) is 1. The molecule has 1 aromatic heterocycles. The van der Waals surface area contributed by atoms with E-state index in [-0.39, 0.29) is 11.9 Å². The molecule has 0 aliphatic carbocycles. The second-order valence-electron chi connectivity index (χ2n) is 4.56. The number of likely N-dealkylation sites (N-methyl/N-ethyl adjacent to an activating group) is 1. The molecule has 2 aromatic rings. The quantitative estimate of drug-likeness (QED) is 0.886. The number of furan rings is 1. The maximum Gasteiger partial charge on any atom is 0.124 e. The Labute approximate surface area is 123 Å². The third kappa shape index (κ3) is 3.39. The minimum absolute atomic E-state index is 0.0711. The van der Waals surface area contributed by atoms with Crippen LogP contribution in [-0.4, -0.2) is 18.0 Å². The number of rotatable bonds is 6. The molecule has 1 atom stereocenters. The average Bonchev–Trinajstić information content (AvgIpc) is 2.93. The minimum Gasteiger partial charge on any atom is -0.468 e. The van der Waals surface area contributed by atoms with Crippen LogP contribution in [0.5, 0.6) is 0 Å². The van der Waals surface area contributed by atoms with Gasteiger partial charge in [-0.2, -0.15) is 0 Å². The third-order valence-corrected chi connectivity index (χ3v) is 3.66. The van der Waals surface area contributed by atoms with E-state index in [2.05, 4.69) is 4.90 Å². The summed E-state index contributed by atoms with van der Waals surface area (Å²) >= 11 is 6.14. The molecule has 1 unspecified atom stereocenters. The average molecular weight is 297 g/mol. The molecule has 0 fully saturated rings.